The first-order chi connectivity index (χ1) is 8.92. The lowest BCUT2D eigenvalue weighted by molar-refractivity contribution is 0.285. The Balaban J connectivity index is 2.17. The topological polar surface area (TPSA) is 79.5 Å². The predicted octanol–water partition coefficient (Wildman–Crippen LogP) is 2.18. The van der Waals surface area contributed by atoms with Crippen LogP contribution in [-0.4, -0.2) is 13.5 Å². The van der Waals surface area contributed by atoms with E-state index in [0.717, 1.165) is 17.1 Å². The van der Waals surface area contributed by atoms with Crippen LogP contribution in [0, 0.1) is 6.92 Å². The van der Waals surface area contributed by atoms with E-state index in [9.17, 15) is 8.42 Å². The van der Waals surface area contributed by atoms with Crippen molar-refractivity contribution in [2.75, 3.05) is 0 Å². The molecular weight excluding hydrogens is 286 g/mol. The molecule has 5 nitrogen and oxygen atoms in total. The summed E-state index contributed by atoms with van der Waals surface area (Å²) in [7, 11) is -3.59. The van der Waals surface area contributed by atoms with Crippen LogP contribution in [0.15, 0.2) is 32.9 Å². The maximum atomic E-state index is 12.1. The summed E-state index contributed by atoms with van der Waals surface area (Å²) in [4.78, 5) is 0.613. The highest BCUT2D eigenvalue weighted by molar-refractivity contribution is 7.91. The molecule has 0 fully saturated rings. The van der Waals surface area contributed by atoms with E-state index in [1.165, 1.54) is 6.07 Å². The number of aliphatic hydroxyl groups excluding tert-OH is 1. The van der Waals surface area contributed by atoms with Crippen molar-refractivity contribution in [3.63, 3.8) is 0 Å². The Labute approximate surface area is 115 Å². The SMILES string of the molecule is Cc1ccc(C(C)NS(=O)(=O)c2ccc(CO)s2)o1. The summed E-state index contributed by atoms with van der Waals surface area (Å²) in [5.41, 5.74) is 0. The number of nitrogens with one attached hydrogen (secondary N) is 1. The van der Waals surface area contributed by atoms with E-state index in [0.29, 0.717) is 10.6 Å². The van der Waals surface area contributed by atoms with Crippen molar-refractivity contribution >= 4 is 21.4 Å². The smallest absolute Gasteiger partial charge is 0.250 e. The van der Waals surface area contributed by atoms with Crippen LogP contribution in [0.4, 0.5) is 0 Å². The van der Waals surface area contributed by atoms with E-state index in [1.54, 1.807) is 32.0 Å². The second-order valence-electron chi connectivity index (χ2n) is 4.17. The summed E-state index contributed by atoms with van der Waals surface area (Å²) >= 11 is 1.05. The third kappa shape index (κ3) is 3.24. The minimum absolute atomic E-state index is 0.160. The molecule has 0 spiro atoms. The quantitative estimate of drug-likeness (QED) is 0.887. The van der Waals surface area contributed by atoms with E-state index in [-0.39, 0.29) is 10.8 Å². The van der Waals surface area contributed by atoms with E-state index in [1.807, 2.05) is 0 Å². The lowest BCUT2D eigenvalue weighted by Crippen LogP contribution is -2.25. The summed E-state index contributed by atoms with van der Waals surface area (Å²) in [5.74, 6) is 1.31. The third-order valence-corrected chi connectivity index (χ3v) is 5.68. The number of furan rings is 1. The monoisotopic (exact) mass is 301 g/mol. The van der Waals surface area contributed by atoms with Gasteiger partial charge in [-0.1, -0.05) is 0 Å². The summed E-state index contributed by atoms with van der Waals surface area (Å²) in [5, 5.41) is 8.96. The van der Waals surface area contributed by atoms with Crippen molar-refractivity contribution in [3.8, 4) is 0 Å². The Hall–Kier alpha value is -1.15. The molecule has 0 radical (unpaired) electrons. The normalized spacial score (nSPS) is 13.6. The largest absolute Gasteiger partial charge is 0.465 e. The first kappa shape index (κ1) is 14.3. The van der Waals surface area contributed by atoms with Crippen LogP contribution in [0.1, 0.15) is 29.4 Å². The molecule has 2 N–H and O–H groups in total. The number of hydrogen-bond acceptors (Lipinski definition) is 5. The van der Waals surface area contributed by atoms with Gasteiger partial charge in [0.1, 0.15) is 15.7 Å². The zero-order valence-corrected chi connectivity index (χ0v) is 12.2. The van der Waals surface area contributed by atoms with Gasteiger partial charge in [0.25, 0.3) is 10.0 Å². The molecular formula is C12H15NO4S2. The van der Waals surface area contributed by atoms with Crippen LogP contribution in [-0.2, 0) is 16.6 Å². The molecule has 19 heavy (non-hydrogen) atoms. The molecule has 0 aromatic carbocycles. The fraction of sp³-hybridized carbons (Fsp3) is 0.333. The van der Waals surface area contributed by atoms with Crippen molar-refractivity contribution in [3.05, 3.63) is 40.7 Å². The van der Waals surface area contributed by atoms with E-state index in [4.69, 9.17) is 9.52 Å². The number of aryl methyl sites for hydroxylation is 1. The highest BCUT2D eigenvalue weighted by Crippen LogP contribution is 2.24. The maximum Gasteiger partial charge on any atom is 0.250 e. The maximum absolute atomic E-state index is 12.1. The number of rotatable bonds is 5. The highest BCUT2D eigenvalue weighted by atomic mass is 32.2. The minimum Gasteiger partial charge on any atom is -0.465 e. The molecule has 104 valence electrons. The molecule has 7 heteroatoms. The van der Waals surface area contributed by atoms with Gasteiger partial charge < -0.3 is 9.52 Å². The fourth-order valence-corrected chi connectivity index (χ4v) is 4.07. The molecule has 0 aliphatic rings. The lowest BCUT2D eigenvalue weighted by Gasteiger charge is -2.10. The average Bonchev–Trinajstić information content (AvgIpc) is 2.96. The zero-order valence-electron chi connectivity index (χ0n) is 10.6. The average molecular weight is 301 g/mol. The number of aliphatic hydroxyl groups is 1. The van der Waals surface area contributed by atoms with Gasteiger partial charge in [0, 0.05) is 4.88 Å². The summed E-state index contributed by atoms with van der Waals surface area (Å²) < 4.78 is 32.4. The molecule has 0 saturated heterocycles. The molecule has 0 saturated carbocycles. The van der Waals surface area contributed by atoms with Crippen LogP contribution in [0.3, 0.4) is 0 Å². The van der Waals surface area contributed by atoms with Crippen molar-refractivity contribution in [2.45, 2.75) is 30.7 Å². The predicted molar refractivity (Wildman–Crippen MR) is 72.4 cm³/mol. The van der Waals surface area contributed by atoms with Crippen molar-refractivity contribution in [2.24, 2.45) is 0 Å². The van der Waals surface area contributed by atoms with E-state index in [2.05, 4.69) is 4.72 Å². The molecule has 0 bridgehead atoms. The Kier molecular flexibility index (Phi) is 4.10. The highest BCUT2D eigenvalue weighted by Gasteiger charge is 2.21. The Morgan fingerprint density at radius 2 is 2.11 bits per heavy atom. The number of sulfonamides is 1. The van der Waals surface area contributed by atoms with Gasteiger partial charge in [-0.25, -0.2) is 13.1 Å². The summed E-state index contributed by atoms with van der Waals surface area (Å²) in [6.45, 7) is 3.36. The molecule has 2 aromatic rings. The lowest BCUT2D eigenvalue weighted by atomic mass is 10.3. The van der Waals surface area contributed by atoms with Crippen molar-refractivity contribution < 1.29 is 17.9 Å². The van der Waals surface area contributed by atoms with Crippen LogP contribution in [0.5, 0.6) is 0 Å². The Morgan fingerprint density at radius 3 is 2.63 bits per heavy atom. The second kappa shape index (κ2) is 5.46. The standard InChI is InChI=1S/C12H15NO4S2/c1-8-3-5-11(17-8)9(2)13-19(15,16)12-6-4-10(7-14)18-12/h3-6,9,13-14H,7H2,1-2H3. The molecule has 2 heterocycles. The van der Waals surface area contributed by atoms with E-state index < -0.39 is 16.1 Å². The van der Waals surface area contributed by atoms with Gasteiger partial charge >= 0.3 is 0 Å². The van der Waals surface area contributed by atoms with E-state index >= 15 is 0 Å². The minimum atomic E-state index is -3.59. The molecule has 0 aliphatic heterocycles. The molecule has 0 aliphatic carbocycles. The van der Waals surface area contributed by atoms with Gasteiger partial charge in [0.15, 0.2) is 0 Å². The molecule has 0 amide bonds. The summed E-state index contributed by atoms with van der Waals surface area (Å²) in [6, 6.07) is 6.17. The zero-order chi connectivity index (χ0) is 14.0. The first-order valence-electron chi connectivity index (χ1n) is 5.70. The molecule has 1 atom stereocenters. The Morgan fingerprint density at radius 1 is 1.37 bits per heavy atom. The van der Waals surface area contributed by atoms with Crippen LogP contribution in [0.25, 0.3) is 0 Å². The van der Waals surface area contributed by atoms with Gasteiger partial charge in [-0.3, -0.25) is 0 Å². The Bertz CT molecular complexity index is 657. The fourth-order valence-electron chi connectivity index (χ4n) is 1.62. The first-order valence-corrected chi connectivity index (χ1v) is 8.00. The molecule has 2 aromatic heterocycles. The van der Waals surface area contributed by atoms with Gasteiger partial charge in [-0.05, 0) is 38.1 Å². The third-order valence-electron chi connectivity index (χ3n) is 2.58. The van der Waals surface area contributed by atoms with Crippen LogP contribution >= 0.6 is 11.3 Å². The van der Waals surface area contributed by atoms with Gasteiger partial charge in [0.05, 0.1) is 12.6 Å². The number of hydrogen-bond donors (Lipinski definition) is 2. The van der Waals surface area contributed by atoms with Crippen LogP contribution in [0.2, 0.25) is 0 Å². The van der Waals surface area contributed by atoms with Gasteiger partial charge in [0.2, 0.25) is 0 Å². The molecule has 2 rings (SSSR count). The second-order valence-corrected chi connectivity index (χ2v) is 7.28. The summed E-state index contributed by atoms with van der Waals surface area (Å²) in [6.07, 6.45) is 0. The van der Waals surface area contributed by atoms with Crippen molar-refractivity contribution in [1.82, 2.24) is 4.72 Å². The number of thiophene rings is 1. The molecule has 1 unspecified atom stereocenters. The van der Waals surface area contributed by atoms with Crippen LogP contribution < -0.4 is 4.72 Å². The van der Waals surface area contributed by atoms with Gasteiger partial charge in [-0.2, -0.15) is 0 Å². The van der Waals surface area contributed by atoms with Gasteiger partial charge in [-0.15, -0.1) is 11.3 Å². The van der Waals surface area contributed by atoms with Crippen molar-refractivity contribution in [1.29, 1.82) is 0 Å².